The van der Waals surface area contributed by atoms with Crippen molar-refractivity contribution in [3.8, 4) is 0 Å². The van der Waals surface area contributed by atoms with Gasteiger partial charge in [0.2, 0.25) is 0 Å². The smallest absolute Gasteiger partial charge is 0.270 e. The van der Waals surface area contributed by atoms with Crippen molar-refractivity contribution in [3.05, 3.63) is 33.9 Å². The standard InChI is InChI=1S/C7H6N2O3/c8-7-2-1-6(9(11)12)3-5(7)4-10/h1-4H,8H2/i7+2. The van der Waals surface area contributed by atoms with Gasteiger partial charge in [0, 0.05) is 23.4 Å². The zero-order valence-electron chi connectivity index (χ0n) is 6.06. The number of benzene rings is 1. The molecule has 1 aromatic carbocycles. The number of nitrogens with two attached hydrogens (primary N) is 1. The molecule has 1 rings (SSSR count). The third-order valence-corrected chi connectivity index (χ3v) is 1.41. The van der Waals surface area contributed by atoms with E-state index in [0.717, 1.165) is 6.07 Å². The van der Waals surface area contributed by atoms with Gasteiger partial charge in [0.1, 0.15) is 0 Å². The van der Waals surface area contributed by atoms with E-state index in [1.165, 1.54) is 12.1 Å². The van der Waals surface area contributed by atoms with Crippen LogP contribution >= 0.6 is 0 Å². The number of anilines is 1. The number of non-ortho nitro benzene ring substituents is 1. The summed E-state index contributed by atoms with van der Waals surface area (Å²) < 4.78 is 0. The summed E-state index contributed by atoms with van der Waals surface area (Å²) in [6.45, 7) is 0. The van der Waals surface area contributed by atoms with Gasteiger partial charge in [-0.05, 0) is 6.07 Å². The Hall–Kier alpha value is -1.91. The molecule has 2 N–H and O–H groups in total. The van der Waals surface area contributed by atoms with Crippen molar-refractivity contribution in [2.24, 2.45) is 0 Å². The average molecular weight is 168 g/mol. The predicted octanol–water partition coefficient (Wildman–Crippen LogP) is 0.990. The molecule has 0 aromatic heterocycles. The lowest BCUT2D eigenvalue weighted by Crippen LogP contribution is -1.95. The number of nitro benzene ring substituents is 1. The zero-order valence-corrected chi connectivity index (χ0v) is 6.06. The molecule has 0 amide bonds. The number of hydrogen-bond donors (Lipinski definition) is 1. The summed E-state index contributed by atoms with van der Waals surface area (Å²) in [4.78, 5) is 20.0. The van der Waals surface area contributed by atoms with E-state index >= 15 is 0 Å². The molecular formula is C7H6N2O3. The van der Waals surface area contributed by atoms with E-state index in [2.05, 4.69) is 0 Å². The van der Waals surface area contributed by atoms with Crippen LogP contribution in [0.5, 0.6) is 0 Å². The molecule has 0 atom stereocenters. The Morgan fingerprint density at radius 1 is 1.67 bits per heavy atom. The van der Waals surface area contributed by atoms with Gasteiger partial charge in [0.25, 0.3) is 5.69 Å². The third kappa shape index (κ3) is 1.39. The summed E-state index contributed by atoms with van der Waals surface area (Å²) in [7, 11) is 0. The molecule has 0 spiro atoms. The minimum absolute atomic E-state index is 0.133. The lowest BCUT2D eigenvalue weighted by molar-refractivity contribution is -0.384. The summed E-state index contributed by atoms with van der Waals surface area (Å²) in [6.07, 6.45) is 0.488. The minimum atomic E-state index is -0.577. The van der Waals surface area contributed by atoms with Gasteiger partial charge in [-0.3, -0.25) is 14.9 Å². The SMILES string of the molecule is N[14c]1ccc([N+](=O)[O-])cc1C=O. The monoisotopic (exact) mass is 168 g/mol. The predicted molar refractivity (Wildman–Crippen MR) is 42.9 cm³/mol. The van der Waals surface area contributed by atoms with Crippen LogP contribution in [0.4, 0.5) is 11.4 Å². The van der Waals surface area contributed by atoms with E-state index in [4.69, 9.17) is 5.73 Å². The number of aldehydes is 1. The van der Waals surface area contributed by atoms with Crippen molar-refractivity contribution >= 4 is 17.7 Å². The molecular weight excluding hydrogens is 162 g/mol. The second-order valence-corrected chi connectivity index (χ2v) is 2.19. The van der Waals surface area contributed by atoms with Crippen LogP contribution in [0.15, 0.2) is 18.2 Å². The number of nitrogen functional groups attached to an aromatic ring is 1. The highest BCUT2D eigenvalue weighted by atomic mass is 16.6. The van der Waals surface area contributed by atoms with Gasteiger partial charge in [-0.25, -0.2) is 0 Å². The first-order valence-electron chi connectivity index (χ1n) is 3.14. The first-order valence-corrected chi connectivity index (χ1v) is 3.14. The number of nitro groups is 1. The molecule has 0 unspecified atom stereocenters. The van der Waals surface area contributed by atoms with Crippen LogP contribution in [0, 0.1) is 10.1 Å². The molecule has 62 valence electrons. The van der Waals surface area contributed by atoms with Gasteiger partial charge < -0.3 is 5.73 Å². The Labute approximate surface area is 68.0 Å². The van der Waals surface area contributed by atoms with Crippen LogP contribution in [0.1, 0.15) is 10.4 Å². The Bertz CT molecular complexity index is 335. The fraction of sp³-hybridized carbons (Fsp3) is 0. The Balaban J connectivity index is 3.22. The highest BCUT2D eigenvalue weighted by Gasteiger charge is 2.07. The summed E-state index contributed by atoms with van der Waals surface area (Å²) in [5.41, 5.74) is 5.60. The average Bonchev–Trinajstić information content (AvgIpc) is 2.05. The molecule has 12 heavy (non-hydrogen) atoms. The van der Waals surface area contributed by atoms with Crippen molar-refractivity contribution in [1.29, 1.82) is 0 Å². The molecule has 0 aliphatic carbocycles. The molecule has 0 aliphatic rings. The minimum Gasteiger partial charge on any atom is -0.398 e. The lowest BCUT2D eigenvalue weighted by Gasteiger charge is -1.96. The molecule has 5 heteroatoms. The van der Waals surface area contributed by atoms with Gasteiger partial charge in [-0.1, -0.05) is 0 Å². The van der Waals surface area contributed by atoms with E-state index in [9.17, 15) is 14.9 Å². The van der Waals surface area contributed by atoms with Crippen molar-refractivity contribution in [2.75, 3.05) is 5.73 Å². The molecule has 0 fully saturated rings. The van der Waals surface area contributed by atoms with Gasteiger partial charge in [-0.15, -0.1) is 0 Å². The molecule has 0 aliphatic heterocycles. The molecule has 0 saturated carbocycles. The topological polar surface area (TPSA) is 86.2 Å². The molecule has 5 nitrogen and oxygen atoms in total. The Morgan fingerprint density at radius 3 is 2.83 bits per heavy atom. The number of carbonyl (C=O) groups excluding carboxylic acids is 1. The van der Waals surface area contributed by atoms with Gasteiger partial charge in [0.15, 0.2) is 6.29 Å². The Morgan fingerprint density at radius 2 is 2.33 bits per heavy atom. The van der Waals surface area contributed by atoms with Crippen LogP contribution < -0.4 is 5.73 Å². The maximum atomic E-state index is 10.3. The lowest BCUT2D eigenvalue weighted by atomic mass is 10.3. The number of hydrogen-bond acceptors (Lipinski definition) is 4. The second kappa shape index (κ2) is 3.00. The molecule has 0 saturated heterocycles. The van der Waals surface area contributed by atoms with Crippen molar-refractivity contribution in [1.82, 2.24) is 0 Å². The highest BCUT2D eigenvalue weighted by molar-refractivity contribution is 5.84. The third-order valence-electron chi connectivity index (χ3n) is 1.41. The quantitative estimate of drug-likeness (QED) is 0.308. The summed E-state index contributed by atoms with van der Waals surface area (Å²) in [6, 6.07) is 3.73. The van der Waals surface area contributed by atoms with Crippen LogP contribution in [0.25, 0.3) is 0 Å². The van der Waals surface area contributed by atoms with Crippen molar-refractivity contribution in [2.45, 2.75) is 0 Å². The van der Waals surface area contributed by atoms with Crippen LogP contribution in [0.3, 0.4) is 0 Å². The highest BCUT2D eigenvalue weighted by Crippen LogP contribution is 2.17. The molecule has 0 radical (unpaired) electrons. The molecule has 1 aromatic rings. The zero-order chi connectivity index (χ0) is 9.14. The summed E-state index contributed by atoms with van der Waals surface area (Å²) in [5, 5.41) is 10.2. The number of carbonyl (C=O) groups is 1. The number of rotatable bonds is 2. The second-order valence-electron chi connectivity index (χ2n) is 2.19. The molecule has 0 bridgehead atoms. The van der Waals surface area contributed by atoms with E-state index in [1.54, 1.807) is 0 Å². The molecule has 0 heterocycles. The maximum absolute atomic E-state index is 10.3. The first kappa shape index (κ1) is 8.19. The van der Waals surface area contributed by atoms with Crippen LogP contribution in [-0.2, 0) is 0 Å². The van der Waals surface area contributed by atoms with Crippen LogP contribution in [0.2, 0.25) is 0 Å². The van der Waals surface area contributed by atoms with Crippen molar-refractivity contribution in [3.63, 3.8) is 0 Å². The normalized spacial score (nSPS) is 9.33. The number of nitrogens with zero attached hydrogens (tertiary/aromatic N) is 1. The van der Waals surface area contributed by atoms with Crippen molar-refractivity contribution < 1.29 is 9.72 Å². The summed E-state index contributed by atoms with van der Waals surface area (Å²) >= 11 is 0. The van der Waals surface area contributed by atoms with Gasteiger partial charge >= 0.3 is 0 Å². The Kier molecular flexibility index (Phi) is 2.05. The van der Waals surface area contributed by atoms with Gasteiger partial charge in [0.05, 0.1) is 4.92 Å². The van der Waals surface area contributed by atoms with Gasteiger partial charge in [-0.2, -0.15) is 0 Å². The van der Waals surface area contributed by atoms with E-state index in [1.807, 2.05) is 0 Å². The maximum Gasteiger partial charge on any atom is 0.270 e. The first-order chi connectivity index (χ1) is 5.65. The van der Waals surface area contributed by atoms with Crippen LogP contribution in [-0.4, -0.2) is 11.2 Å². The fourth-order valence-electron chi connectivity index (χ4n) is 0.778. The fourth-order valence-corrected chi connectivity index (χ4v) is 0.778. The van der Waals surface area contributed by atoms with E-state index < -0.39 is 4.92 Å². The largest absolute Gasteiger partial charge is 0.398 e. The van der Waals surface area contributed by atoms with E-state index in [0.29, 0.717) is 6.29 Å². The van der Waals surface area contributed by atoms with E-state index in [-0.39, 0.29) is 16.9 Å². The summed E-state index contributed by atoms with van der Waals surface area (Å²) in [5.74, 6) is 0.